The van der Waals surface area contributed by atoms with Crippen LogP contribution < -0.4 is 16.6 Å². The number of ether oxygens (including phenoxy) is 1. The Morgan fingerprint density at radius 2 is 1.66 bits per heavy atom. The van der Waals surface area contributed by atoms with E-state index in [1.54, 1.807) is 67.8 Å². The predicted molar refractivity (Wildman–Crippen MR) is 132 cm³/mol. The number of carbonyl (C=O) groups is 1. The van der Waals surface area contributed by atoms with Crippen LogP contribution in [-0.2, 0) is 17.8 Å². The molecule has 1 aromatic heterocycles. The Bertz CT molecular complexity index is 1460. The van der Waals surface area contributed by atoms with Gasteiger partial charge in [0.2, 0.25) is 0 Å². The summed E-state index contributed by atoms with van der Waals surface area (Å²) in [5, 5.41) is 3.22. The first-order valence-corrected chi connectivity index (χ1v) is 11.3. The molecule has 1 N–H and O–H groups in total. The third-order valence-electron chi connectivity index (χ3n) is 5.73. The van der Waals surface area contributed by atoms with Crippen LogP contribution in [0.4, 0.5) is 4.39 Å². The third kappa shape index (κ3) is 5.55. The van der Waals surface area contributed by atoms with Crippen LogP contribution in [0, 0.1) is 5.82 Å². The molecule has 0 saturated carbocycles. The number of methoxy groups -OCH3 is 1. The van der Waals surface area contributed by atoms with Crippen molar-refractivity contribution in [1.82, 2.24) is 14.5 Å². The van der Waals surface area contributed by atoms with E-state index in [1.807, 2.05) is 0 Å². The van der Waals surface area contributed by atoms with Gasteiger partial charge in [-0.3, -0.25) is 18.7 Å². The Labute approximate surface area is 201 Å². The summed E-state index contributed by atoms with van der Waals surface area (Å²) in [5.41, 5.74) is 1.40. The van der Waals surface area contributed by atoms with Crippen LogP contribution in [0.2, 0.25) is 0 Å². The largest absolute Gasteiger partial charge is 0.385 e. The molecule has 0 saturated heterocycles. The quantitative estimate of drug-likeness (QED) is 0.377. The van der Waals surface area contributed by atoms with Crippen molar-refractivity contribution in [2.75, 3.05) is 20.3 Å². The third-order valence-corrected chi connectivity index (χ3v) is 5.73. The van der Waals surface area contributed by atoms with E-state index in [2.05, 4.69) is 5.32 Å². The first kappa shape index (κ1) is 24.1. The minimum Gasteiger partial charge on any atom is -0.385 e. The number of para-hydroxylation sites is 1. The molecular formula is C27H26FN3O4. The van der Waals surface area contributed by atoms with Crippen molar-refractivity contribution < 1.29 is 13.9 Å². The number of hydrogen-bond acceptors (Lipinski definition) is 4. The van der Waals surface area contributed by atoms with Crippen LogP contribution in [-0.4, -0.2) is 35.3 Å². The average molecular weight is 476 g/mol. The van der Waals surface area contributed by atoms with Gasteiger partial charge in [0.15, 0.2) is 0 Å². The van der Waals surface area contributed by atoms with Gasteiger partial charge in [0.05, 0.1) is 24.0 Å². The summed E-state index contributed by atoms with van der Waals surface area (Å²) in [5.74, 6) is -0.594. The van der Waals surface area contributed by atoms with Crippen LogP contribution in [0.3, 0.4) is 0 Å². The van der Waals surface area contributed by atoms with Crippen LogP contribution >= 0.6 is 0 Å². The summed E-state index contributed by atoms with van der Waals surface area (Å²) in [7, 11) is 1.61. The standard InChI is InChI=1S/C27H26FN3O4/c1-35-15-5-14-29-25(32)21-12-10-19(11-13-21)17-31-26(33)23-8-2-3-9-24(23)30(27(31)34)18-20-6-4-7-22(28)16-20/h2-4,6-13,16H,5,14-15,17-18H2,1H3,(H,29,32). The van der Waals surface area contributed by atoms with E-state index in [4.69, 9.17) is 4.74 Å². The molecule has 1 amide bonds. The van der Waals surface area contributed by atoms with Crippen molar-refractivity contribution in [3.63, 3.8) is 0 Å². The van der Waals surface area contributed by atoms with Crippen molar-refractivity contribution in [3.05, 3.63) is 116 Å². The maximum absolute atomic E-state index is 13.7. The summed E-state index contributed by atoms with van der Waals surface area (Å²) in [6.45, 7) is 1.24. The van der Waals surface area contributed by atoms with Gasteiger partial charge in [-0.25, -0.2) is 9.18 Å². The number of halogens is 1. The minimum atomic E-state index is -0.488. The fourth-order valence-corrected chi connectivity index (χ4v) is 3.95. The fourth-order valence-electron chi connectivity index (χ4n) is 3.95. The summed E-state index contributed by atoms with van der Waals surface area (Å²) < 4.78 is 21.4. The molecule has 180 valence electrons. The second-order valence-electron chi connectivity index (χ2n) is 8.21. The second-order valence-corrected chi connectivity index (χ2v) is 8.21. The molecule has 7 nitrogen and oxygen atoms in total. The van der Waals surface area contributed by atoms with E-state index in [-0.39, 0.29) is 19.0 Å². The van der Waals surface area contributed by atoms with Crippen molar-refractivity contribution >= 4 is 16.8 Å². The molecule has 0 atom stereocenters. The van der Waals surface area contributed by atoms with Gasteiger partial charge in [0.25, 0.3) is 11.5 Å². The van der Waals surface area contributed by atoms with E-state index in [0.29, 0.717) is 47.2 Å². The van der Waals surface area contributed by atoms with Gasteiger partial charge in [0, 0.05) is 25.8 Å². The highest BCUT2D eigenvalue weighted by Crippen LogP contribution is 2.12. The fraction of sp³-hybridized carbons (Fsp3) is 0.222. The molecular weight excluding hydrogens is 449 g/mol. The highest BCUT2D eigenvalue weighted by molar-refractivity contribution is 5.94. The van der Waals surface area contributed by atoms with Gasteiger partial charge < -0.3 is 10.1 Å². The molecule has 4 aromatic rings. The predicted octanol–water partition coefficient (Wildman–Crippen LogP) is 3.17. The van der Waals surface area contributed by atoms with E-state index in [1.165, 1.54) is 21.3 Å². The van der Waals surface area contributed by atoms with E-state index in [9.17, 15) is 18.8 Å². The maximum atomic E-state index is 13.7. The zero-order valence-corrected chi connectivity index (χ0v) is 19.4. The second kappa shape index (κ2) is 10.9. The lowest BCUT2D eigenvalue weighted by molar-refractivity contribution is 0.0948. The molecule has 0 spiro atoms. The van der Waals surface area contributed by atoms with Crippen LogP contribution in [0.15, 0.2) is 82.4 Å². The number of rotatable bonds is 9. The first-order valence-electron chi connectivity index (χ1n) is 11.3. The zero-order chi connectivity index (χ0) is 24.8. The molecule has 0 fully saturated rings. The normalized spacial score (nSPS) is 11.0. The molecule has 0 radical (unpaired) electrons. The van der Waals surface area contributed by atoms with Crippen molar-refractivity contribution in [3.8, 4) is 0 Å². The smallest absolute Gasteiger partial charge is 0.332 e. The number of hydrogen-bond donors (Lipinski definition) is 1. The summed E-state index contributed by atoms with van der Waals surface area (Å²) >= 11 is 0. The maximum Gasteiger partial charge on any atom is 0.332 e. The van der Waals surface area contributed by atoms with E-state index in [0.717, 1.165) is 0 Å². The lowest BCUT2D eigenvalue weighted by Crippen LogP contribution is -2.40. The van der Waals surface area contributed by atoms with Crippen molar-refractivity contribution in [2.45, 2.75) is 19.5 Å². The minimum absolute atomic E-state index is 0.0430. The van der Waals surface area contributed by atoms with Gasteiger partial charge in [-0.2, -0.15) is 0 Å². The number of nitrogens with zero attached hydrogens (tertiary/aromatic N) is 2. The summed E-state index contributed by atoms with van der Waals surface area (Å²) in [6, 6.07) is 19.7. The summed E-state index contributed by atoms with van der Waals surface area (Å²) in [4.78, 5) is 38.9. The molecule has 0 aliphatic heterocycles. The number of amides is 1. The Kier molecular flexibility index (Phi) is 7.52. The lowest BCUT2D eigenvalue weighted by Gasteiger charge is -2.14. The van der Waals surface area contributed by atoms with Gasteiger partial charge in [-0.15, -0.1) is 0 Å². The van der Waals surface area contributed by atoms with Crippen molar-refractivity contribution in [2.24, 2.45) is 0 Å². The van der Waals surface area contributed by atoms with Gasteiger partial charge in [0.1, 0.15) is 5.82 Å². The zero-order valence-electron chi connectivity index (χ0n) is 19.4. The molecule has 1 heterocycles. The SMILES string of the molecule is COCCCNC(=O)c1ccc(Cn2c(=O)c3ccccc3n(Cc3cccc(F)c3)c2=O)cc1. The Balaban J connectivity index is 1.64. The van der Waals surface area contributed by atoms with Gasteiger partial charge in [-0.05, 0) is 53.9 Å². The highest BCUT2D eigenvalue weighted by atomic mass is 19.1. The Hall–Kier alpha value is -4.04. The molecule has 0 bridgehead atoms. The number of carbonyl (C=O) groups excluding carboxylic acids is 1. The topological polar surface area (TPSA) is 82.3 Å². The molecule has 8 heteroatoms. The number of nitrogens with one attached hydrogen (secondary N) is 1. The number of aromatic nitrogens is 2. The number of fused-ring (bicyclic) bond motifs is 1. The average Bonchev–Trinajstić information content (AvgIpc) is 2.87. The highest BCUT2D eigenvalue weighted by Gasteiger charge is 2.14. The van der Waals surface area contributed by atoms with Gasteiger partial charge in [-0.1, -0.05) is 36.4 Å². The molecule has 4 rings (SSSR count). The lowest BCUT2D eigenvalue weighted by atomic mass is 10.1. The Morgan fingerprint density at radius 3 is 2.40 bits per heavy atom. The number of benzene rings is 3. The molecule has 0 aliphatic carbocycles. The van der Waals surface area contributed by atoms with Crippen LogP contribution in [0.5, 0.6) is 0 Å². The monoisotopic (exact) mass is 475 g/mol. The summed E-state index contributed by atoms with van der Waals surface area (Å²) in [6.07, 6.45) is 0.715. The van der Waals surface area contributed by atoms with Crippen LogP contribution in [0.1, 0.15) is 27.9 Å². The van der Waals surface area contributed by atoms with Crippen molar-refractivity contribution in [1.29, 1.82) is 0 Å². The van der Waals surface area contributed by atoms with E-state index < -0.39 is 17.1 Å². The van der Waals surface area contributed by atoms with E-state index >= 15 is 0 Å². The molecule has 3 aromatic carbocycles. The van der Waals surface area contributed by atoms with Gasteiger partial charge >= 0.3 is 5.69 Å². The Morgan fingerprint density at radius 1 is 0.914 bits per heavy atom. The van der Waals surface area contributed by atoms with Crippen LogP contribution in [0.25, 0.3) is 10.9 Å². The first-order chi connectivity index (χ1) is 17.0. The molecule has 0 unspecified atom stereocenters. The molecule has 35 heavy (non-hydrogen) atoms. The molecule has 0 aliphatic rings.